The van der Waals surface area contributed by atoms with Crippen molar-refractivity contribution in [1.82, 2.24) is 24.7 Å². The van der Waals surface area contributed by atoms with Gasteiger partial charge in [-0.25, -0.2) is 0 Å². The third-order valence-corrected chi connectivity index (χ3v) is 7.68. The molecule has 0 radical (unpaired) electrons. The number of methoxy groups -OCH3 is 1. The second kappa shape index (κ2) is 14.6. The van der Waals surface area contributed by atoms with Crippen molar-refractivity contribution in [2.24, 2.45) is 0 Å². The fourth-order valence-electron chi connectivity index (χ4n) is 5.38. The maximum absolute atomic E-state index is 14.2. The van der Waals surface area contributed by atoms with E-state index in [9.17, 15) is 24.0 Å². The number of nitrogens with zero attached hydrogens (tertiary/aromatic N) is 6. The molecule has 2 saturated heterocycles. The number of hydrogen-bond donors (Lipinski definition) is 0. The predicted octanol–water partition coefficient (Wildman–Crippen LogP) is 0.702. The molecule has 0 saturated carbocycles. The van der Waals surface area contributed by atoms with Gasteiger partial charge in [-0.2, -0.15) is 5.06 Å². The SMILES string of the molecule is COC(=O)C[C@H]1C(=O)N(OC(C)=O)CCN1C(=O)C(CC(=O)N1CCN(c2ccncc2)CC1)N(C)Cc1ccccc1. The molecule has 1 unspecified atom stereocenters. The number of likely N-dealkylation sites (N-methyl/N-ethyl adjacent to an activating group) is 1. The zero-order chi connectivity index (χ0) is 30.9. The monoisotopic (exact) mass is 594 g/mol. The van der Waals surface area contributed by atoms with Crippen molar-refractivity contribution >= 4 is 35.3 Å². The second-order valence-corrected chi connectivity index (χ2v) is 10.5. The molecule has 3 heterocycles. The van der Waals surface area contributed by atoms with E-state index in [2.05, 4.69) is 9.88 Å². The van der Waals surface area contributed by atoms with Gasteiger partial charge in [-0.1, -0.05) is 30.3 Å². The van der Waals surface area contributed by atoms with Crippen LogP contribution in [0.25, 0.3) is 0 Å². The van der Waals surface area contributed by atoms with Gasteiger partial charge in [-0.3, -0.25) is 33.9 Å². The highest BCUT2D eigenvalue weighted by Crippen LogP contribution is 2.22. The van der Waals surface area contributed by atoms with Crippen LogP contribution >= 0.6 is 0 Å². The zero-order valence-corrected chi connectivity index (χ0v) is 24.8. The van der Waals surface area contributed by atoms with Crippen LogP contribution in [0.5, 0.6) is 0 Å². The molecule has 0 N–H and O–H groups in total. The number of ether oxygens (including phenoxy) is 1. The Hall–Kier alpha value is -4.52. The highest BCUT2D eigenvalue weighted by Gasteiger charge is 2.44. The van der Waals surface area contributed by atoms with E-state index >= 15 is 0 Å². The van der Waals surface area contributed by atoms with Crippen LogP contribution in [0.4, 0.5) is 5.69 Å². The Kier molecular flexibility index (Phi) is 10.7. The van der Waals surface area contributed by atoms with Gasteiger partial charge in [0.1, 0.15) is 6.04 Å². The molecule has 0 spiro atoms. The summed E-state index contributed by atoms with van der Waals surface area (Å²) in [6.45, 7) is 3.75. The van der Waals surface area contributed by atoms with Gasteiger partial charge in [0.15, 0.2) is 0 Å². The van der Waals surface area contributed by atoms with E-state index in [0.29, 0.717) is 32.7 Å². The normalized spacial score (nSPS) is 18.0. The van der Waals surface area contributed by atoms with E-state index in [4.69, 9.17) is 9.57 Å². The minimum absolute atomic E-state index is 0.00793. The van der Waals surface area contributed by atoms with Crippen LogP contribution in [0.1, 0.15) is 25.3 Å². The lowest BCUT2D eigenvalue weighted by Gasteiger charge is -2.42. The lowest BCUT2D eigenvalue weighted by molar-refractivity contribution is -0.208. The van der Waals surface area contributed by atoms with Gasteiger partial charge in [0.05, 0.1) is 32.5 Å². The molecule has 2 aromatic rings. The number of piperazine rings is 2. The fourth-order valence-corrected chi connectivity index (χ4v) is 5.38. The Bertz CT molecular complexity index is 1290. The average Bonchev–Trinajstić information content (AvgIpc) is 3.02. The number of carbonyl (C=O) groups is 5. The lowest BCUT2D eigenvalue weighted by atomic mass is 10.0. The number of esters is 1. The number of pyridine rings is 1. The highest BCUT2D eigenvalue weighted by atomic mass is 16.7. The van der Waals surface area contributed by atoms with Crippen LogP contribution < -0.4 is 4.90 Å². The largest absolute Gasteiger partial charge is 0.469 e. The van der Waals surface area contributed by atoms with Crippen LogP contribution in [0.3, 0.4) is 0 Å². The Labute approximate surface area is 250 Å². The summed E-state index contributed by atoms with van der Waals surface area (Å²) in [6.07, 6.45) is 2.94. The molecule has 43 heavy (non-hydrogen) atoms. The number of hydrogen-bond acceptors (Lipinski definition) is 10. The van der Waals surface area contributed by atoms with Crippen molar-refractivity contribution in [2.75, 3.05) is 58.3 Å². The highest BCUT2D eigenvalue weighted by molar-refractivity contribution is 5.95. The number of anilines is 1. The molecular formula is C30H38N6O7. The predicted molar refractivity (Wildman–Crippen MR) is 155 cm³/mol. The number of benzene rings is 1. The lowest BCUT2D eigenvalue weighted by Crippen LogP contribution is -2.62. The smallest absolute Gasteiger partial charge is 0.329 e. The number of carbonyl (C=O) groups excluding carboxylic acids is 5. The molecule has 3 amide bonds. The van der Waals surface area contributed by atoms with Crippen LogP contribution in [0, 0.1) is 0 Å². The fraction of sp³-hybridized carbons (Fsp3) is 0.467. The van der Waals surface area contributed by atoms with Gasteiger partial charge in [-0.05, 0) is 24.7 Å². The van der Waals surface area contributed by atoms with E-state index in [1.807, 2.05) is 42.5 Å². The molecule has 4 rings (SSSR count). The molecule has 230 valence electrons. The number of amides is 3. The van der Waals surface area contributed by atoms with Crippen LogP contribution in [-0.4, -0.2) is 120 Å². The van der Waals surface area contributed by atoms with E-state index in [0.717, 1.165) is 23.2 Å². The van der Waals surface area contributed by atoms with Crippen LogP contribution in [0.2, 0.25) is 0 Å². The van der Waals surface area contributed by atoms with Crippen LogP contribution in [-0.2, 0) is 40.1 Å². The van der Waals surface area contributed by atoms with Gasteiger partial charge in [0.2, 0.25) is 11.8 Å². The molecule has 1 aromatic carbocycles. The molecule has 2 aliphatic rings. The standard InChI is InChI=1S/C30H38N6O7/c1-22(37)43-36-18-17-35(26(30(36)41)20-28(39)42-3)29(40)25(32(2)21-23-7-5-4-6-8-23)19-27(38)34-15-13-33(14-16-34)24-9-11-31-12-10-24/h4-12,25-26H,13-21H2,1-3H3/t25?,26-/m0/s1. The van der Waals surface area contributed by atoms with Gasteiger partial charge in [0, 0.05) is 64.3 Å². The summed E-state index contributed by atoms with van der Waals surface area (Å²) < 4.78 is 4.78. The maximum atomic E-state index is 14.2. The summed E-state index contributed by atoms with van der Waals surface area (Å²) >= 11 is 0. The molecule has 2 atom stereocenters. The van der Waals surface area contributed by atoms with Crippen molar-refractivity contribution in [2.45, 2.75) is 38.4 Å². The molecule has 13 nitrogen and oxygen atoms in total. The molecule has 0 aliphatic carbocycles. The van der Waals surface area contributed by atoms with E-state index in [1.54, 1.807) is 29.2 Å². The average molecular weight is 595 g/mol. The molecule has 2 fully saturated rings. The maximum Gasteiger partial charge on any atom is 0.329 e. The first-order valence-electron chi connectivity index (χ1n) is 14.2. The Morgan fingerprint density at radius 3 is 2.28 bits per heavy atom. The molecule has 2 aliphatic heterocycles. The van der Waals surface area contributed by atoms with Crippen molar-refractivity contribution in [3.63, 3.8) is 0 Å². The van der Waals surface area contributed by atoms with E-state index in [-0.39, 0.29) is 25.4 Å². The van der Waals surface area contributed by atoms with Gasteiger partial charge < -0.3 is 24.3 Å². The first-order chi connectivity index (χ1) is 20.7. The van der Waals surface area contributed by atoms with Gasteiger partial charge in [-0.15, -0.1) is 0 Å². The minimum atomic E-state index is -1.25. The van der Waals surface area contributed by atoms with Gasteiger partial charge >= 0.3 is 11.9 Å². The topological polar surface area (TPSA) is 133 Å². The van der Waals surface area contributed by atoms with Crippen molar-refractivity contribution < 1.29 is 33.5 Å². The molecular weight excluding hydrogens is 556 g/mol. The number of rotatable bonds is 10. The summed E-state index contributed by atoms with van der Waals surface area (Å²) in [5, 5.41) is 0.871. The molecule has 1 aromatic heterocycles. The summed E-state index contributed by atoms with van der Waals surface area (Å²) in [6, 6.07) is 11.2. The second-order valence-electron chi connectivity index (χ2n) is 10.5. The summed E-state index contributed by atoms with van der Waals surface area (Å²) in [5.41, 5.74) is 1.98. The van der Waals surface area contributed by atoms with E-state index in [1.165, 1.54) is 12.0 Å². The molecule has 13 heteroatoms. The minimum Gasteiger partial charge on any atom is -0.469 e. The van der Waals surface area contributed by atoms with E-state index < -0.39 is 42.3 Å². The number of aromatic nitrogens is 1. The summed E-state index contributed by atoms with van der Waals surface area (Å²) in [5.74, 6) is -2.74. The zero-order valence-electron chi connectivity index (χ0n) is 24.8. The Morgan fingerprint density at radius 1 is 0.977 bits per heavy atom. The third-order valence-electron chi connectivity index (χ3n) is 7.68. The quantitative estimate of drug-likeness (QED) is 0.362. The molecule has 0 bridgehead atoms. The summed E-state index contributed by atoms with van der Waals surface area (Å²) in [7, 11) is 2.95. The summed E-state index contributed by atoms with van der Waals surface area (Å²) in [4.78, 5) is 81.1. The Balaban J connectivity index is 1.53. The van der Waals surface area contributed by atoms with Gasteiger partial charge in [0.25, 0.3) is 5.91 Å². The van der Waals surface area contributed by atoms with Crippen molar-refractivity contribution in [1.29, 1.82) is 0 Å². The first kappa shape index (κ1) is 31.4. The van der Waals surface area contributed by atoms with Crippen LogP contribution in [0.15, 0.2) is 54.9 Å². The van der Waals surface area contributed by atoms with Crippen molar-refractivity contribution in [3.8, 4) is 0 Å². The Morgan fingerprint density at radius 2 is 1.65 bits per heavy atom. The first-order valence-corrected chi connectivity index (χ1v) is 14.2. The number of hydroxylamine groups is 2. The van der Waals surface area contributed by atoms with Crippen molar-refractivity contribution in [3.05, 3.63) is 60.4 Å². The third kappa shape index (κ3) is 8.07.